The Hall–Kier alpha value is -1.09. The molecule has 3 rings (SSSR count). The molecule has 0 atom stereocenters. The molecule has 2 aromatic rings. The second-order valence-corrected chi connectivity index (χ2v) is 5.91. The van der Waals surface area contributed by atoms with Crippen LogP contribution in [-0.2, 0) is 6.42 Å². The van der Waals surface area contributed by atoms with Crippen LogP contribution in [0, 0.1) is 3.57 Å². The molecule has 0 aromatic heterocycles. The molecule has 0 saturated carbocycles. The van der Waals surface area contributed by atoms with E-state index < -0.39 is 0 Å². The fraction of sp³-hybridized carbons (Fsp3) is 0.176. The Morgan fingerprint density at radius 1 is 1.17 bits per heavy atom. The molecule has 18 heavy (non-hydrogen) atoms. The van der Waals surface area contributed by atoms with E-state index in [9.17, 15) is 0 Å². The van der Waals surface area contributed by atoms with Gasteiger partial charge in [-0.3, -0.25) is 0 Å². The lowest BCUT2D eigenvalue weighted by Gasteiger charge is -2.06. The van der Waals surface area contributed by atoms with Crippen LogP contribution in [0.5, 0.6) is 0 Å². The third-order valence-corrected chi connectivity index (χ3v) is 4.08. The molecule has 0 N–H and O–H groups in total. The Balaban J connectivity index is 2.19. The van der Waals surface area contributed by atoms with Crippen LogP contribution in [0.1, 0.15) is 30.0 Å². The number of hydrogen-bond donors (Lipinski definition) is 0. The van der Waals surface area contributed by atoms with Crippen LogP contribution in [0.25, 0.3) is 17.2 Å². The van der Waals surface area contributed by atoms with Gasteiger partial charge in [0.15, 0.2) is 0 Å². The Kier molecular flexibility index (Phi) is 3.25. The van der Waals surface area contributed by atoms with Crippen molar-refractivity contribution < 1.29 is 0 Å². The Morgan fingerprint density at radius 3 is 2.83 bits per heavy atom. The van der Waals surface area contributed by atoms with Crippen molar-refractivity contribution in [2.24, 2.45) is 0 Å². The fourth-order valence-electron chi connectivity index (χ4n) is 2.62. The highest BCUT2D eigenvalue weighted by Crippen LogP contribution is 2.39. The van der Waals surface area contributed by atoms with Crippen molar-refractivity contribution in [3.05, 3.63) is 62.7 Å². The first-order chi connectivity index (χ1) is 8.79. The average molecular weight is 346 g/mol. The second-order valence-electron chi connectivity index (χ2n) is 4.67. The molecule has 2 aromatic carbocycles. The molecule has 1 heteroatoms. The van der Waals surface area contributed by atoms with Gasteiger partial charge in [0.05, 0.1) is 0 Å². The first-order valence-electron chi connectivity index (χ1n) is 6.37. The molecule has 0 saturated heterocycles. The highest BCUT2D eigenvalue weighted by molar-refractivity contribution is 14.1. The summed E-state index contributed by atoms with van der Waals surface area (Å²) in [6.07, 6.45) is 6.68. The Morgan fingerprint density at radius 2 is 2.00 bits per heavy atom. The monoisotopic (exact) mass is 346 g/mol. The zero-order chi connectivity index (χ0) is 12.5. The smallest absolute Gasteiger partial charge is 0.0142 e. The maximum Gasteiger partial charge on any atom is 0.0142 e. The second kappa shape index (κ2) is 4.88. The largest absolute Gasteiger partial charge is 0.0842 e. The highest BCUT2D eigenvalue weighted by Gasteiger charge is 2.20. The van der Waals surface area contributed by atoms with Gasteiger partial charge in [0.2, 0.25) is 0 Å². The summed E-state index contributed by atoms with van der Waals surface area (Å²) in [6, 6.07) is 13.4. The van der Waals surface area contributed by atoms with Crippen LogP contribution in [0.3, 0.4) is 0 Å². The van der Waals surface area contributed by atoms with E-state index in [1.165, 1.54) is 31.4 Å². The molecule has 1 aliphatic carbocycles. The van der Waals surface area contributed by atoms with Crippen LogP contribution in [-0.4, -0.2) is 0 Å². The van der Waals surface area contributed by atoms with E-state index in [2.05, 4.69) is 78.1 Å². The maximum atomic E-state index is 2.42. The number of halogens is 1. The summed E-state index contributed by atoms with van der Waals surface area (Å²) in [5.74, 6) is 0. The minimum absolute atomic E-state index is 1.08. The number of benzene rings is 2. The number of fused-ring (bicyclic) bond motifs is 3. The number of allylic oxidation sites excluding steroid dienone is 1. The van der Waals surface area contributed by atoms with Gasteiger partial charge < -0.3 is 0 Å². The third kappa shape index (κ3) is 2.01. The molecule has 0 unspecified atom stereocenters. The lowest BCUT2D eigenvalue weighted by atomic mass is 10.0. The average Bonchev–Trinajstić information content (AvgIpc) is 2.75. The van der Waals surface area contributed by atoms with Crippen molar-refractivity contribution in [3.8, 4) is 11.1 Å². The number of rotatable bonds is 2. The van der Waals surface area contributed by atoms with Crippen LogP contribution < -0.4 is 0 Å². The Labute approximate surface area is 122 Å². The SMILES string of the molecule is CC/C=C\c1cc(I)cc2c1Cc1ccccc1-2. The summed E-state index contributed by atoms with van der Waals surface area (Å²) in [5, 5.41) is 0. The zero-order valence-corrected chi connectivity index (χ0v) is 12.6. The molecular weight excluding hydrogens is 331 g/mol. The summed E-state index contributed by atoms with van der Waals surface area (Å²) in [5.41, 5.74) is 7.17. The van der Waals surface area contributed by atoms with Crippen molar-refractivity contribution >= 4 is 28.7 Å². The van der Waals surface area contributed by atoms with E-state index >= 15 is 0 Å². The minimum Gasteiger partial charge on any atom is -0.0842 e. The van der Waals surface area contributed by atoms with Crippen LogP contribution in [0.4, 0.5) is 0 Å². The lowest BCUT2D eigenvalue weighted by molar-refractivity contribution is 1.22. The first-order valence-corrected chi connectivity index (χ1v) is 7.44. The van der Waals surface area contributed by atoms with Gasteiger partial charge in [-0.25, -0.2) is 0 Å². The van der Waals surface area contributed by atoms with Gasteiger partial charge in [-0.15, -0.1) is 0 Å². The van der Waals surface area contributed by atoms with Crippen LogP contribution in [0.2, 0.25) is 0 Å². The van der Waals surface area contributed by atoms with Crippen LogP contribution >= 0.6 is 22.6 Å². The molecular formula is C17H15I. The van der Waals surface area contributed by atoms with Gasteiger partial charge in [-0.1, -0.05) is 43.3 Å². The van der Waals surface area contributed by atoms with Crippen molar-refractivity contribution in [2.75, 3.05) is 0 Å². The zero-order valence-electron chi connectivity index (χ0n) is 10.4. The third-order valence-electron chi connectivity index (χ3n) is 3.46. The van der Waals surface area contributed by atoms with Gasteiger partial charge >= 0.3 is 0 Å². The lowest BCUT2D eigenvalue weighted by Crippen LogP contribution is -1.88. The van der Waals surface area contributed by atoms with Crippen LogP contribution in [0.15, 0.2) is 42.5 Å². The summed E-state index contributed by atoms with van der Waals surface area (Å²) < 4.78 is 1.32. The topological polar surface area (TPSA) is 0 Å². The molecule has 0 amide bonds. The highest BCUT2D eigenvalue weighted by atomic mass is 127. The molecule has 0 aliphatic heterocycles. The van der Waals surface area contributed by atoms with Gasteiger partial charge in [0.1, 0.15) is 0 Å². The molecule has 90 valence electrons. The standard InChI is InChI=1S/C17H15I/c1-2-3-6-12-9-14(18)11-17-15-8-5-4-7-13(15)10-16(12)17/h3-9,11H,2,10H2,1H3/b6-3-. The summed E-state index contributed by atoms with van der Waals surface area (Å²) in [6.45, 7) is 2.18. The van der Waals surface area contributed by atoms with Crippen molar-refractivity contribution in [1.29, 1.82) is 0 Å². The van der Waals surface area contributed by atoms with E-state index in [0.717, 1.165) is 12.8 Å². The van der Waals surface area contributed by atoms with Gasteiger partial charge in [-0.05, 0) is 75.4 Å². The normalized spacial score (nSPS) is 12.8. The number of hydrogen-bond acceptors (Lipinski definition) is 0. The quantitative estimate of drug-likeness (QED) is 0.554. The molecule has 0 radical (unpaired) electrons. The molecule has 0 spiro atoms. The summed E-state index contributed by atoms with van der Waals surface area (Å²) >= 11 is 2.42. The first kappa shape index (κ1) is 12.0. The van der Waals surface area contributed by atoms with Crippen molar-refractivity contribution in [3.63, 3.8) is 0 Å². The van der Waals surface area contributed by atoms with E-state index in [-0.39, 0.29) is 0 Å². The van der Waals surface area contributed by atoms with E-state index in [1.807, 2.05) is 0 Å². The van der Waals surface area contributed by atoms with Gasteiger partial charge in [0, 0.05) is 3.57 Å². The summed E-state index contributed by atoms with van der Waals surface area (Å²) in [4.78, 5) is 0. The molecule has 1 aliphatic rings. The maximum absolute atomic E-state index is 2.42. The van der Waals surface area contributed by atoms with E-state index in [1.54, 1.807) is 0 Å². The fourth-order valence-corrected chi connectivity index (χ4v) is 3.26. The summed E-state index contributed by atoms with van der Waals surface area (Å²) in [7, 11) is 0. The van der Waals surface area contributed by atoms with E-state index in [0.29, 0.717) is 0 Å². The molecule has 0 fully saturated rings. The molecule has 0 heterocycles. The Bertz CT molecular complexity index is 624. The molecule has 0 bridgehead atoms. The van der Waals surface area contributed by atoms with Gasteiger partial charge in [-0.2, -0.15) is 0 Å². The van der Waals surface area contributed by atoms with E-state index in [4.69, 9.17) is 0 Å². The van der Waals surface area contributed by atoms with Crippen molar-refractivity contribution in [1.82, 2.24) is 0 Å². The molecule has 0 nitrogen and oxygen atoms in total. The predicted molar refractivity (Wildman–Crippen MR) is 86.7 cm³/mol. The predicted octanol–water partition coefficient (Wildman–Crippen LogP) is 5.29. The van der Waals surface area contributed by atoms with Gasteiger partial charge in [0.25, 0.3) is 0 Å². The van der Waals surface area contributed by atoms with Crippen molar-refractivity contribution in [2.45, 2.75) is 19.8 Å². The minimum atomic E-state index is 1.08.